The Kier molecular flexibility index (Phi) is 8.74. The van der Waals surface area contributed by atoms with Crippen LogP contribution in [0, 0.1) is 6.92 Å². The number of hydrogen-bond donors (Lipinski definition) is 3. The highest BCUT2D eigenvalue weighted by molar-refractivity contribution is 9.10. The van der Waals surface area contributed by atoms with E-state index in [0.717, 1.165) is 15.7 Å². The number of methoxy groups -OCH3 is 1. The van der Waals surface area contributed by atoms with Crippen LogP contribution in [0.2, 0.25) is 0 Å². The van der Waals surface area contributed by atoms with Crippen molar-refractivity contribution in [3.05, 3.63) is 80.2 Å². The first-order valence-electron chi connectivity index (χ1n) is 11.3. The van der Waals surface area contributed by atoms with E-state index < -0.39 is 0 Å². The number of carbonyl (C=O) groups excluding carboxylic acids is 2. The molecule has 192 valence electrons. The summed E-state index contributed by atoms with van der Waals surface area (Å²) in [7, 11) is 1.57. The number of fused-ring (bicyclic) bond motifs is 1. The Labute approximate surface area is 225 Å². The summed E-state index contributed by atoms with van der Waals surface area (Å²) in [6.45, 7) is 2.91. The lowest BCUT2D eigenvalue weighted by atomic mass is 10.1. The summed E-state index contributed by atoms with van der Waals surface area (Å²) >= 11 is 4.58. The number of H-pyrrole nitrogens is 1. The van der Waals surface area contributed by atoms with Crippen LogP contribution in [-0.4, -0.2) is 57.6 Å². The second kappa shape index (κ2) is 12.2. The number of thioether (sulfide) groups is 1. The van der Waals surface area contributed by atoms with Crippen LogP contribution < -0.4 is 16.2 Å². The van der Waals surface area contributed by atoms with E-state index in [1.807, 2.05) is 13.0 Å². The van der Waals surface area contributed by atoms with Gasteiger partial charge in [0, 0.05) is 35.5 Å². The van der Waals surface area contributed by atoms with Gasteiger partial charge in [0.1, 0.15) is 0 Å². The SMILES string of the molecule is COCCNC(=O)c1ccc(Cn2c(SCC(=O)Nc3cc(C)[nH]n3)nc3ccc(Br)cc3c2=O)cc1. The number of aromatic nitrogens is 4. The molecule has 37 heavy (non-hydrogen) atoms. The van der Waals surface area contributed by atoms with Gasteiger partial charge in [-0.25, -0.2) is 4.98 Å². The predicted octanol–water partition coefficient (Wildman–Crippen LogP) is 3.35. The lowest BCUT2D eigenvalue weighted by Gasteiger charge is -2.14. The molecule has 0 aliphatic heterocycles. The maximum absolute atomic E-state index is 13.5. The Morgan fingerprint density at radius 1 is 1.16 bits per heavy atom. The maximum atomic E-state index is 13.5. The Hall–Kier alpha value is -3.48. The van der Waals surface area contributed by atoms with Crippen LogP contribution >= 0.6 is 27.7 Å². The average molecular weight is 585 g/mol. The maximum Gasteiger partial charge on any atom is 0.262 e. The van der Waals surface area contributed by atoms with Crippen LogP contribution in [0.3, 0.4) is 0 Å². The normalized spacial score (nSPS) is 11.0. The second-order valence-corrected chi connectivity index (χ2v) is 10.0. The highest BCUT2D eigenvalue weighted by atomic mass is 79.9. The summed E-state index contributed by atoms with van der Waals surface area (Å²) in [5, 5.41) is 13.2. The first kappa shape index (κ1) is 26.6. The molecule has 0 spiro atoms. The Morgan fingerprint density at radius 2 is 1.95 bits per heavy atom. The van der Waals surface area contributed by atoms with Gasteiger partial charge in [-0.15, -0.1) is 0 Å². The van der Waals surface area contributed by atoms with E-state index in [2.05, 4.69) is 41.7 Å². The molecule has 4 rings (SSSR count). The quantitative estimate of drug-likeness (QED) is 0.148. The van der Waals surface area contributed by atoms with Crippen LogP contribution in [0.15, 0.2) is 63.0 Å². The number of halogens is 1. The molecular weight excluding hydrogens is 560 g/mol. The largest absolute Gasteiger partial charge is 0.383 e. The van der Waals surface area contributed by atoms with Gasteiger partial charge in [0.05, 0.1) is 29.8 Å². The number of nitrogens with zero attached hydrogens (tertiary/aromatic N) is 3. The molecule has 10 nitrogen and oxygen atoms in total. The van der Waals surface area contributed by atoms with Gasteiger partial charge in [-0.05, 0) is 42.8 Å². The van der Waals surface area contributed by atoms with Crippen LogP contribution in [0.5, 0.6) is 0 Å². The van der Waals surface area contributed by atoms with Crippen molar-refractivity contribution >= 4 is 56.2 Å². The van der Waals surface area contributed by atoms with Gasteiger partial charge in [0.15, 0.2) is 11.0 Å². The number of ether oxygens (including phenoxy) is 1. The number of aryl methyl sites for hydroxylation is 1. The van der Waals surface area contributed by atoms with Crippen LogP contribution in [0.4, 0.5) is 5.82 Å². The lowest BCUT2D eigenvalue weighted by Crippen LogP contribution is -2.27. The van der Waals surface area contributed by atoms with Crippen LogP contribution in [-0.2, 0) is 16.1 Å². The van der Waals surface area contributed by atoms with Gasteiger partial charge in [-0.1, -0.05) is 39.8 Å². The summed E-state index contributed by atoms with van der Waals surface area (Å²) in [5.74, 6) is 0.00795. The molecule has 0 saturated heterocycles. The number of hydrogen-bond acceptors (Lipinski definition) is 7. The molecular formula is C25H25BrN6O4S. The zero-order valence-corrected chi connectivity index (χ0v) is 22.6. The van der Waals surface area contributed by atoms with Crippen molar-refractivity contribution < 1.29 is 14.3 Å². The minimum atomic E-state index is -0.267. The Morgan fingerprint density at radius 3 is 2.65 bits per heavy atom. The van der Waals surface area contributed by atoms with Crippen LogP contribution in [0.25, 0.3) is 10.9 Å². The van der Waals surface area contributed by atoms with Crippen molar-refractivity contribution in [2.75, 3.05) is 31.3 Å². The molecule has 0 bridgehead atoms. The molecule has 2 amide bonds. The summed E-state index contributed by atoms with van der Waals surface area (Å²) in [6.07, 6.45) is 0. The van der Waals surface area contributed by atoms with Crippen LogP contribution in [0.1, 0.15) is 21.6 Å². The number of aromatic amines is 1. The summed E-state index contributed by atoms with van der Waals surface area (Å²) < 4.78 is 7.26. The fraction of sp³-hybridized carbons (Fsp3) is 0.240. The van der Waals surface area contributed by atoms with Crippen molar-refractivity contribution in [1.29, 1.82) is 0 Å². The lowest BCUT2D eigenvalue weighted by molar-refractivity contribution is -0.113. The molecule has 12 heteroatoms. The molecule has 0 saturated carbocycles. The number of rotatable bonds is 10. The number of benzene rings is 2. The van der Waals surface area contributed by atoms with E-state index in [9.17, 15) is 14.4 Å². The average Bonchev–Trinajstić information content (AvgIpc) is 3.29. The standard InChI is InChI=1S/C25H25BrN6O4S/c1-15-11-21(31-30-15)29-22(33)14-37-25-28-20-8-7-18(26)12-19(20)24(35)32(25)13-16-3-5-17(6-4-16)23(34)27-9-10-36-2/h3-8,11-12H,9-10,13-14H2,1-2H3,(H,27,34)(H2,29,30,31,33). The van der Waals surface area contributed by atoms with Crippen molar-refractivity contribution in [3.8, 4) is 0 Å². The topological polar surface area (TPSA) is 131 Å². The Balaban J connectivity index is 1.57. The van der Waals surface area contributed by atoms with E-state index in [1.165, 1.54) is 11.8 Å². The molecule has 0 unspecified atom stereocenters. The van der Waals surface area contributed by atoms with Crippen molar-refractivity contribution in [2.45, 2.75) is 18.6 Å². The molecule has 0 aliphatic carbocycles. The molecule has 0 radical (unpaired) electrons. The van der Waals surface area contributed by atoms with E-state index in [1.54, 1.807) is 54.1 Å². The molecule has 0 aliphatic rings. The summed E-state index contributed by atoms with van der Waals surface area (Å²) in [4.78, 5) is 42.9. The number of carbonyl (C=O) groups is 2. The predicted molar refractivity (Wildman–Crippen MR) is 146 cm³/mol. The number of nitrogens with one attached hydrogen (secondary N) is 3. The van der Waals surface area contributed by atoms with Gasteiger partial charge >= 0.3 is 0 Å². The molecule has 0 atom stereocenters. The zero-order valence-electron chi connectivity index (χ0n) is 20.2. The minimum absolute atomic E-state index is 0.0426. The smallest absolute Gasteiger partial charge is 0.262 e. The molecule has 2 aromatic heterocycles. The van der Waals surface area contributed by atoms with Gasteiger partial charge in [0.2, 0.25) is 5.91 Å². The van der Waals surface area contributed by atoms with Gasteiger partial charge in [-0.2, -0.15) is 5.10 Å². The van der Waals surface area contributed by atoms with Gasteiger partial charge in [-0.3, -0.25) is 24.0 Å². The number of anilines is 1. The molecule has 4 aromatic rings. The fourth-order valence-corrected chi connectivity index (χ4v) is 4.69. The van der Waals surface area contributed by atoms with Crippen molar-refractivity contribution in [3.63, 3.8) is 0 Å². The van der Waals surface area contributed by atoms with E-state index in [-0.39, 0.29) is 29.7 Å². The second-order valence-electron chi connectivity index (χ2n) is 8.17. The zero-order chi connectivity index (χ0) is 26.4. The third kappa shape index (κ3) is 6.85. The number of amides is 2. The van der Waals surface area contributed by atoms with Gasteiger partial charge in [0.25, 0.3) is 11.5 Å². The first-order chi connectivity index (χ1) is 17.8. The molecule has 2 aromatic carbocycles. The highest BCUT2D eigenvalue weighted by Gasteiger charge is 2.15. The molecule has 2 heterocycles. The monoisotopic (exact) mass is 584 g/mol. The minimum Gasteiger partial charge on any atom is -0.383 e. The molecule has 0 fully saturated rings. The summed E-state index contributed by atoms with van der Waals surface area (Å²) in [6, 6.07) is 14.0. The van der Waals surface area contributed by atoms with E-state index in [4.69, 9.17) is 4.74 Å². The van der Waals surface area contributed by atoms with E-state index >= 15 is 0 Å². The highest BCUT2D eigenvalue weighted by Crippen LogP contribution is 2.22. The first-order valence-corrected chi connectivity index (χ1v) is 13.1. The third-order valence-electron chi connectivity index (χ3n) is 5.34. The summed E-state index contributed by atoms with van der Waals surface area (Å²) in [5.41, 5.74) is 2.46. The fourth-order valence-electron chi connectivity index (χ4n) is 3.53. The van der Waals surface area contributed by atoms with E-state index in [0.29, 0.717) is 40.6 Å². The van der Waals surface area contributed by atoms with Gasteiger partial charge < -0.3 is 15.4 Å². The van der Waals surface area contributed by atoms with Crippen molar-refractivity contribution in [1.82, 2.24) is 25.1 Å². The molecule has 3 N–H and O–H groups in total. The Bertz CT molecular complexity index is 1490. The van der Waals surface area contributed by atoms with Crippen molar-refractivity contribution in [2.24, 2.45) is 0 Å². The third-order valence-corrected chi connectivity index (χ3v) is 6.81.